The lowest BCUT2D eigenvalue weighted by Crippen LogP contribution is -2.54. The van der Waals surface area contributed by atoms with Gasteiger partial charge in [-0.05, 0) is 21.0 Å². The quantitative estimate of drug-likeness (QED) is 0.622. The van der Waals surface area contributed by atoms with Crippen molar-refractivity contribution in [2.45, 2.75) is 13.0 Å². The van der Waals surface area contributed by atoms with Crippen LogP contribution in [0.5, 0.6) is 0 Å². The number of rotatable bonds is 2. The van der Waals surface area contributed by atoms with Crippen LogP contribution in [-0.2, 0) is 4.79 Å². The van der Waals surface area contributed by atoms with Crippen LogP contribution < -0.4 is 5.32 Å². The summed E-state index contributed by atoms with van der Waals surface area (Å²) in [5, 5.41) is 3.27. The molecule has 0 aromatic heterocycles. The van der Waals surface area contributed by atoms with E-state index in [1.807, 2.05) is 23.9 Å². The second-order valence-electron chi connectivity index (χ2n) is 3.88. The van der Waals surface area contributed by atoms with Gasteiger partial charge in [-0.2, -0.15) is 0 Å². The van der Waals surface area contributed by atoms with Gasteiger partial charge in [0.05, 0.1) is 6.54 Å². The van der Waals surface area contributed by atoms with Crippen molar-refractivity contribution in [2.75, 3.05) is 40.3 Å². The predicted octanol–water partition coefficient (Wildman–Crippen LogP) is -0.632. The first kappa shape index (κ1) is 10.5. The highest BCUT2D eigenvalue weighted by Gasteiger charge is 2.22. The van der Waals surface area contributed by atoms with Gasteiger partial charge in [-0.3, -0.25) is 4.79 Å². The van der Waals surface area contributed by atoms with Crippen LogP contribution in [0, 0.1) is 0 Å². The smallest absolute Gasteiger partial charge is 0.237 e. The minimum absolute atomic E-state index is 0.235. The Morgan fingerprint density at radius 2 is 2.31 bits per heavy atom. The molecule has 76 valence electrons. The second-order valence-corrected chi connectivity index (χ2v) is 3.88. The highest BCUT2D eigenvalue weighted by atomic mass is 16.2. The molecular formula is C9H19N3O. The molecule has 1 unspecified atom stereocenters. The summed E-state index contributed by atoms with van der Waals surface area (Å²) in [5.74, 6) is 0.235. The Kier molecular flexibility index (Phi) is 3.69. The van der Waals surface area contributed by atoms with E-state index in [0.717, 1.165) is 19.6 Å². The SMILES string of the molecule is CC1CNCCN1C(=O)CN(C)C. The van der Waals surface area contributed by atoms with Crippen LogP contribution in [0.2, 0.25) is 0 Å². The molecule has 1 N–H and O–H groups in total. The zero-order valence-corrected chi connectivity index (χ0v) is 8.71. The van der Waals surface area contributed by atoms with Gasteiger partial charge >= 0.3 is 0 Å². The molecule has 0 saturated carbocycles. The average Bonchev–Trinajstić information content (AvgIpc) is 2.03. The van der Waals surface area contributed by atoms with Crippen molar-refractivity contribution in [1.29, 1.82) is 0 Å². The fourth-order valence-electron chi connectivity index (χ4n) is 1.57. The minimum atomic E-state index is 0.235. The summed E-state index contributed by atoms with van der Waals surface area (Å²) >= 11 is 0. The molecule has 4 heteroatoms. The van der Waals surface area contributed by atoms with Gasteiger partial charge in [-0.1, -0.05) is 0 Å². The van der Waals surface area contributed by atoms with E-state index >= 15 is 0 Å². The van der Waals surface area contributed by atoms with E-state index in [9.17, 15) is 4.79 Å². The third-order valence-electron chi connectivity index (χ3n) is 2.27. The molecule has 0 radical (unpaired) electrons. The van der Waals surface area contributed by atoms with E-state index in [0.29, 0.717) is 12.6 Å². The summed E-state index contributed by atoms with van der Waals surface area (Å²) in [6.45, 7) is 5.28. The molecule has 0 aliphatic carbocycles. The van der Waals surface area contributed by atoms with Crippen LogP contribution >= 0.6 is 0 Å². The number of hydrogen-bond acceptors (Lipinski definition) is 3. The first-order chi connectivity index (χ1) is 6.11. The Balaban J connectivity index is 2.44. The molecule has 1 aliphatic rings. The van der Waals surface area contributed by atoms with E-state index in [-0.39, 0.29) is 5.91 Å². The fourth-order valence-corrected chi connectivity index (χ4v) is 1.57. The molecule has 1 amide bonds. The molecule has 0 aromatic carbocycles. The van der Waals surface area contributed by atoms with Gasteiger partial charge in [0.1, 0.15) is 0 Å². The maximum absolute atomic E-state index is 11.7. The van der Waals surface area contributed by atoms with Crippen LogP contribution in [0.1, 0.15) is 6.92 Å². The van der Waals surface area contributed by atoms with Crippen molar-refractivity contribution in [2.24, 2.45) is 0 Å². The monoisotopic (exact) mass is 185 g/mol. The molecule has 13 heavy (non-hydrogen) atoms. The first-order valence-corrected chi connectivity index (χ1v) is 4.76. The Labute approximate surface area is 79.9 Å². The molecule has 1 fully saturated rings. The fraction of sp³-hybridized carbons (Fsp3) is 0.889. The van der Waals surface area contributed by atoms with E-state index < -0.39 is 0 Å². The maximum Gasteiger partial charge on any atom is 0.237 e. The van der Waals surface area contributed by atoms with Crippen LogP contribution in [0.25, 0.3) is 0 Å². The van der Waals surface area contributed by atoms with Gasteiger partial charge in [-0.25, -0.2) is 0 Å². The van der Waals surface area contributed by atoms with Gasteiger partial charge in [0.15, 0.2) is 0 Å². The van der Waals surface area contributed by atoms with Crippen LogP contribution in [0.15, 0.2) is 0 Å². The molecule has 1 heterocycles. The normalized spacial score (nSPS) is 23.7. The topological polar surface area (TPSA) is 35.6 Å². The molecule has 0 aromatic rings. The van der Waals surface area contributed by atoms with Crippen LogP contribution in [0.4, 0.5) is 0 Å². The van der Waals surface area contributed by atoms with Crippen molar-refractivity contribution in [3.63, 3.8) is 0 Å². The summed E-state index contributed by atoms with van der Waals surface area (Å²) < 4.78 is 0. The van der Waals surface area contributed by atoms with E-state index in [2.05, 4.69) is 12.2 Å². The summed E-state index contributed by atoms with van der Waals surface area (Å²) in [6.07, 6.45) is 0. The van der Waals surface area contributed by atoms with E-state index in [4.69, 9.17) is 0 Å². The molecule has 1 aliphatic heterocycles. The third kappa shape index (κ3) is 2.97. The number of amides is 1. The lowest BCUT2D eigenvalue weighted by Gasteiger charge is -2.34. The van der Waals surface area contributed by atoms with E-state index in [1.54, 1.807) is 0 Å². The molecule has 0 spiro atoms. The Morgan fingerprint density at radius 1 is 1.62 bits per heavy atom. The Hall–Kier alpha value is -0.610. The van der Waals surface area contributed by atoms with Crippen LogP contribution in [0.3, 0.4) is 0 Å². The van der Waals surface area contributed by atoms with E-state index in [1.165, 1.54) is 0 Å². The van der Waals surface area contributed by atoms with Gasteiger partial charge in [-0.15, -0.1) is 0 Å². The Morgan fingerprint density at radius 3 is 2.85 bits per heavy atom. The number of nitrogens with one attached hydrogen (secondary N) is 1. The van der Waals surface area contributed by atoms with Crippen molar-refractivity contribution in [1.82, 2.24) is 15.1 Å². The standard InChI is InChI=1S/C9H19N3O/c1-8-6-10-4-5-12(8)9(13)7-11(2)3/h8,10H,4-7H2,1-3H3. The number of nitrogens with zero attached hydrogens (tertiary/aromatic N) is 2. The first-order valence-electron chi connectivity index (χ1n) is 4.76. The van der Waals surface area contributed by atoms with Crippen LogP contribution in [-0.4, -0.2) is 62.0 Å². The van der Waals surface area contributed by atoms with Gasteiger partial charge in [0.25, 0.3) is 0 Å². The minimum Gasteiger partial charge on any atom is -0.336 e. The third-order valence-corrected chi connectivity index (χ3v) is 2.27. The number of carbonyl (C=O) groups is 1. The van der Waals surface area contributed by atoms with Gasteiger partial charge in [0, 0.05) is 25.7 Å². The average molecular weight is 185 g/mol. The lowest BCUT2D eigenvalue weighted by molar-refractivity contribution is -0.134. The molecular weight excluding hydrogens is 166 g/mol. The number of likely N-dealkylation sites (N-methyl/N-ethyl adjacent to an activating group) is 1. The summed E-state index contributed by atoms with van der Waals surface area (Å²) in [5.41, 5.74) is 0. The Bertz CT molecular complexity index is 182. The van der Waals surface area contributed by atoms with Gasteiger partial charge in [0.2, 0.25) is 5.91 Å². The second kappa shape index (κ2) is 4.58. The number of piperazine rings is 1. The zero-order valence-electron chi connectivity index (χ0n) is 8.71. The van der Waals surface area contributed by atoms with Crippen molar-refractivity contribution in [3.05, 3.63) is 0 Å². The number of carbonyl (C=O) groups excluding carboxylic acids is 1. The summed E-state index contributed by atoms with van der Waals surface area (Å²) in [6, 6.07) is 0.334. The summed E-state index contributed by atoms with van der Waals surface area (Å²) in [7, 11) is 3.84. The van der Waals surface area contributed by atoms with Crippen molar-refractivity contribution >= 4 is 5.91 Å². The molecule has 1 rings (SSSR count). The summed E-state index contributed by atoms with van der Waals surface area (Å²) in [4.78, 5) is 15.5. The number of hydrogen-bond donors (Lipinski definition) is 1. The highest BCUT2D eigenvalue weighted by molar-refractivity contribution is 5.78. The largest absolute Gasteiger partial charge is 0.336 e. The van der Waals surface area contributed by atoms with Crippen molar-refractivity contribution in [3.8, 4) is 0 Å². The molecule has 0 bridgehead atoms. The zero-order chi connectivity index (χ0) is 9.84. The predicted molar refractivity (Wildman–Crippen MR) is 52.6 cm³/mol. The molecule has 4 nitrogen and oxygen atoms in total. The molecule has 1 atom stereocenters. The van der Waals surface area contributed by atoms with Gasteiger partial charge < -0.3 is 15.1 Å². The maximum atomic E-state index is 11.7. The molecule has 1 saturated heterocycles. The highest BCUT2D eigenvalue weighted by Crippen LogP contribution is 2.02. The lowest BCUT2D eigenvalue weighted by atomic mass is 10.2. The van der Waals surface area contributed by atoms with Crippen molar-refractivity contribution < 1.29 is 4.79 Å².